The van der Waals surface area contributed by atoms with Crippen LogP contribution in [0.4, 0.5) is 0 Å². The van der Waals surface area contributed by atoms with Crippen LogP contribution in [0.2, 0.25) is 0 Å². The molecule has 0 aliphatic carbocycles. The van der Waals surface area contributed by atoms with Crippen molar-refractivity contribution in [2.24, 2.45) is 16.7 Å². The molecule has 0 aliphatic rings. The zero-order chi connectivity index (χ0) is 26.4. The van der Waals surface area contributed by atoms with Gasteiger partial charge < -0.3 is 9.47 Å². The highest BCUT2D eigenvalue weighted by Crippen LogP contribution is 2.40. The Labute approximate surface area is 212 Å². The van der Waals surface area contributed by atoms with Crippen molar-refractivity contribution in [3.63, 3.8) is 0 Å². The standard InChI is InChI=1S/C31H46O4/c1-10-16-31(8,9)35-28(33)26-15-13-23-17-25(14-12-24(23)18-26)27(32)34-20-22(3)19-30(6,7)21-29(4,5)11-2/h12-15,17-18,22H,10-11,16,19-21H2,1-9H3. The second-order valence-corrected chi connectivity index (χ2v) is 12.4. The van der Waals surface area contributed by atoms with E-state index in [4.69, 9.17) is 9.47 Å². The summed E-state index contributed by atoms with van der Waals surface area (Å²) in [5, 5.41) is 1.78. The molecule has 0 spiro atoms. The summed E-state index contributed by atoms with van der Waals surface area (Å²) < 4.78 is 11.4. The molecule has 0 heterocycles. The van der Waals surface area contributed by atoms with Gasteiger partial charge in [-0.2, -0.15) is 0 Å². The van der Waals surface area contributed by atoms with Crippen molar-refractivity contribution in [1.29, 1.82) is 0 Å². The molecule has 0 saturated heterocycles. The first kappa shape index (κ1) is 28.9. The SMILES string of the molecule is CCCC(C)(C)OC(=O)c1ccc2cc(C(=O)OCC(C)CC(C)(C)CC(C)(C)CC)ccc2c1. The highest BCUT2D eigenvalue weighted by molar-refractivity contribution is 5.99. The van der Waals surface area contributed by atoms with Crippen LogP contribution in [0.25, 0.3) is 10.8 Å². The third-order valence-corrected chi connectivity index (χ3v) is 6.85. The number of hydrogen-bond donors (Lipinski definition) is 0. The second-order valence-electron chi connectivity index (χ2n) is 12.4. The minimum Gasteiger partial charge on any atom is -0.462 e. The summed E-state index contributed by atoms with van der Waals surface area (Å²) in [4.78, 5) is 25.3. The topological polar surface area (TPSA) is 52.6 Å². The molecule has 194 valence electrons. The Kier molecular flexibility index (Phi) is 9.56. The largest absolute Gasteiger partial charge is 0.462 e. The summed E-state index contributed by atoms with van der Waals surface area (Å²) in [7, 11) is 0. The highest BCUT2D eigenvalue weighted by Gasteiger charge is 2.29. The van der Waals surface area contributed by atoms with Crippen molar-refractivity contribution in [3.05, 3.63) is 47.5 Å². The van der Waals surface area contributed by atoms with E-state index in [1.54, 1.807) is 12.1 Å². The Morgan fingerprint density at radius 3 is 1.89 bits per heavy atom. The van der Waals surface area contributed by atoms with Crippen molar-refractivity contribution in [2.45, 2.75) is 100 Å². The van der Waals surface area contributed by atoms with E-state index in [2.05, 4.69) is 48.5 Å². The lowest BCUT2D eigenvalue weighted by atomic mass is 9.70. The fourth-order valence-corrected chi connectivity index (χ4v) is 5.26. The zero-order valence-electron chi connectivity index (χ0n) is 23.4. The summed E-state index contributed by atoms with van der Waals surface area (Å²) in [5.41, 5.74) is 1.05. The van der Waals surface area contributed by atoms with E-state index in [1.807, 2.05) is 38.1 Å². The Hall–Kier alpha value is -2.36. The molecule has 35 heavy (non-hydrogen) atoms. The molecule has 0 bridgehead atoms. The van der Waals surface area contributed by atoms with Gasteiger partial charge in [0.25, 0.3) is 0 Å². The van der Waals surface area contributed by atoms with Crippen LogP contribution in [0, 0.1) is 16.7 Å². The van der Waals surface area contributed by atoms with Gasteiger partial charge in [-0.05, 0) is 84.9 Å². The van der Waals surface area contributed by atoms with Crippen LogP contribution in [0.1, 0.15) is 115 Å². The normalized spacial score (nSPS) is 13.5. The maximum absolute atomic E-state index is 12.7. The molecule has 4 heteroatoms. The van der Waals surface area contributed by atoms with Gasteiger partial charge in [0.15, 0.2) is 0 Å². The zero-order valence-corrected chi connectivity index (χ0v) is 23.4. The quantitative estimate of drug-likeness (QED) is 0.284. The molecule has 0 aliphatic heterocycles. The molecule has 1 atom stereocenters. The maximum atomic E-state index is 12.7. The molecule has 0 saturated carbocycles. The number of hydrogen-bond acceptors (Lipinski definition) is 4. The van der Waals surface area contributed by atoms with E-state index in [-0.39, 0.29) is 23.3 Å². The summed E-state index contributed by atoms with van der Waals surface area (Å²) >= 11 is 0. The summed E-state index contributed by atoms with van der Waals surface area (Å²) in [6.07, 6.45) is 5.07. The van der Waals surface area contributed by atoms with Gasteiger partial charge in [-0.15, -0.1) is 0 Å². The first-order valence-electron chi connectivity index (χ1n) is 13.1. The summed E-state index contributed by atoms with van der Waals surface area (Å²) in [6.45, 7) is 20.0. The Bertz CT molecular complexity index is 1020. The Morgan fingerprint density at radius 2 is 1.37 bits per heavy atom. The average molecular weight is 483 g/mol. The predicted octanol–water partition coefficient (Wildman–Crippen LogP) is 8.61. The van der Waals surface area contributed by atoms with Crippen LogP contribution in [0.5, 0.6) is 0 Å². The number of esters is 2. The van der Waals surface area contributed by atoms with Crippen molar-refractivity contribution in [2.75, 3.05) is 6.61 Å². The number of rotatable bonds is 12. The molecular weight excluding hydrogens is 436 g/mol. The van der Waals surface area contributed by atoms with Crippen molar-refractivity contribution >= 4 is 22.7 Å². The van der Waals surface area contributed by atoms with Crippen LogP contribution in [0.15, 0.2) is 36.4 Å². The molecule has 0 fully saturated rings. The number of benzene rings is 2. The fourth-order valence-electron chi connectivity index (χ4n) is 5.26. The second kappa shape index (κ2) is 11.6. The minimum absolute atomic E-state index is 0.193. The summed E-state index contributed by atoms with van der Waals surface area (Å²) in [6, 6.07) is 10.9. The monoisotopic (exact) mass is 482 g/mol. The third-order valence-electron chi connectivity index (χ3n) is 6.85. The molecule has 0 amide bonds. The molecule has 1 unspecified atom stereocenters. The molecule has 2 aromatic rings. The van der Waals surface area contributed by atoms with Gasteiger partial charge in [0.1, 0.15) is 5.60 Å². The van der Waals surface area contributed by atoms with E-state index in [0.29, 0.717) is 23.1 Å². The van der Waals surface area contributed by atoms with Crippen molar-refractivity contribution in [1.82, 2.24) is 0 Å². The van der Waals surface area contributed by atoms with Gasteiger partial charge >= 0.3 is 11.9 Å². The lowest BCUT2D eigenvalue weighted by Crippen LogP contribution is -2.27. The molecule has 0 radical (unpaired) electrons. The van der Waals surface area contributed by atoms with Crippen LogP contribution in [-0.4, -0.2) is 24.1 Å². The van der Waals surface area contributed by atoms with Crippen molar-refractivity contribution < 1.29 is 19.1 Å². The Balaban J connectivity index is 2.01. The van der Waals surface area contributed by atoms with E-state index in [1.165, 1.54) is 0 Å². The highest BCUT2D eigenvalue weighted by atomic mass is 16.6. The van der Waals surface area contributed by atoms with Gasteiger partial charge in [0.05, 0.1) is 17.7 Å². The Morgan fingerprint density at radius 1 is 0.829 bits per heavy atom. The van der Waals surface area contributed by atoms with Crippen LogP contribution in [0.3, 0.4) is 0 Å². The summed E-state index contributed by atoms with van der Waals surface area (Å²) in [5.74, 6) is -0.351. The number of carbonyl (C=O) groups is 2. The van der Waals surface area contributed by atoms with Crippen LogP contribution < -0.4 is 0 Å². The molecular formula is C31H46O4. The number of ether oxygens (including phenoxy) is 2. The van der Waals surface area contributed by atoms with Gasteiger partial charge in [0.2, 0.25) is 0 Å². The minimum atomic E-state index is -0.493. The molecule has 4 nitrogen and oxygen atoms in total. The van der Waals surface area contributed by atoms with E-state index in [0.717, 1.165) is 42.9 Å². The average Bonchev–Trinajstić information content (AvgIpc) is 2.75. The smallest absolute Gasteiger partial charge is 0.338 e. The molecule has 0 aromatic heterocycles. The van der Waals surface area contributed by atoms with E-state index < -0.39 is 5.60 Å². The van der Waals surface area contributed by atoms with Gasteiger partial charge in [-0.25, -0.2) is 9.59 Å². The molecule has 2 aromatic carbocycles. The van der Waals surface area contributed by atoms with Gasteiger partial charge in [-0.3, -0.25) is 0 Å². The predicted molar refractivity (Wildman–Crippen MR) is 145 cm³/mol. The van der Waals surface area contributed by atoms with E-state index in [9.17, 15) is 9.59 Å². The third kappa shape index (κ3) is 8.98. The van der Waals surface area contributed by atoms with Crippen molar-refractivity contribution in [3.8, 4) is 0 Å². The van der Waals surface area contributed by atoms with Gasteiger partial charge in [0, 0.05) is 0 Å². The number of fused-ring (bicyclic) bond motifs is 1. The first-order valence-corrected chi connectivity index (χ1v) is 13.1. The van der Waals surface area contributed by atoms with Crippen LogP contribution >= 0.6 is 0 Å². The maximum Gasteiger partial charge on any atom is 0.338 e. The first-order chi connectivity index (χ1) is 16.2. The lowest BCUT2D eigenvalue weighted by Gasteiger charge is -2.36. The van der Waals surface area contributed by atoms with E-state index >= 15 is 0 Å². The number of carbonyl (C=O) groups excluding carboxylic acids is 2. The molecule has 0 N–H and O–H groups in total. The fraction of sp³-hybridized carbons (Fsp3) is 0.613. The lowest BCUT2D eigenvalue weighted by molar-refractivity contribution is -0.00472. The molecule has 2 rings (SSSR count). The van der Waals surface area contributed by atoms with Gasteiger partial charge in [-0.1, -0.05) is 73.4 Å². The van der Waals surface area contributed by atoms with Crippen LogP contribution in [-0.2, 0) is 9.47 Å².